The summed E-state index contributed by atoms with van der Waals surface area (Å²) in [6.45, 7) is 11.8. The molecule has 1 N–H and O–H groups in total. The molecule has 7 nitrogen and oxygen atoms in total. The van der Waals surface area contributed by atoms with Gasteiger partial charge in [0.1, 0.15) is 11.5 Å². The van der Waals surface area contributed by atoms with Crippen LogP contribution in [0.2, 0.25) is 0 Å². The number of oxazole rings is 1. The number of aryl methyl sites for hydroxylation is 2. The molecule has 0 aliphatic rings. The van der Waals surface area contributed by atoms with Crippen LogP contribution in [0.15, 0.2) is 33.6 Å². The molecule has 0 atom stereocenters. The number of benzene rings is 1. The van der Waals surface area contributed by atoms with Gasteiger partial charge in [-0.15, -0.1) is 0 Å². The van der Waals surface area contributed by atoms with Gasteiger partial charge in [0.15, 0.2) is 5.89 Å². The molecule has 0 bridgehead atoms. The van der Waals surface area contributed by atoms with E-state index in [1.165, 1.54) is 0 Å². The average Bonchev–Trinajstić information content (AvgIpc) is 2.99. The van der Waals surface area contributed by atoms with Gasteiger partial charge in [0.05, 0.1) is 18.1 Å². The average molecular weight is 396 g/mol. The highest BCUT2D eigenvalue weighted by atomic mass is 32.2. The van der Waals surface area contributed by atoms with E-state index in [0.29, 0.717) is 24.9 Å². The van der Waals surface area contributed by atoms with Gasteiger partial charge in [0.2, 0.25) is 10.0 Å². The Morgan fingerprint density at radius 3 is 2.33 bits per heavy atom. The van der Waals surface area contributed by atoms with E-state index in [1.807, 2.05) is 6.92 Å². The van der Waals surface area contributed by atoms with Crippen LogP contribution in [-0.4, -0.2) is 57.7 Å². The minimum atomic E-state index is -3.56. The molecule has 0 aliphatic heterocycles. The Hall–Kier alpha value is -1.74. The number of nitrogens with zero attached hydrogens (tertiary/aromatic N) is 2. The van der Waals surface area contributed by atoms with Crippen molar-refractivity contribution in [1.82, 2.24) is 14.6 Å². The van der Waals surface area contributed by atoms with Crippen LogP contribution in [0.5, 0.6) is 0 Å². The Morgan fingerprint density at radius 1 is 1.11 bits per heavy atom. The fourth-order valence-electron chi connectivity index (χ4n) is 2.76. The van der Waals surface area contributed by atoms with Gasteiger partial charge in [0.25, 0.3) is 0 Å². The summed E-state index contributed by atoms with van der Waals surface area (Å²) in [5.41, 5.74) is 1.55. The first kappa shape index (κ1) is 21.6. The lowest BCUT2D eigenvalue weighted by Gasteiger charge is -2.17. The maximum atomic E-state index is 12.4. The predicted molar refractivity (Wildman–Crippen MR) is 105 cm³/mol. The van der Waals surface area contributed by atoms with E-state index in [-0.39, 0.29) is 11.4 Å². The molecule has 1 heterocycles. The number of rotatable bonds is 11. The van der Waals surface area contributed by atoms with Crippen molar-refractivity contribution < 1.29 is 17.6 Å². The van der Waals surface area contributed by atoms with Crippen molar-refractivity contribution in [3.05, 3.63) is 35.9 Å². The third-order valence-electron chi connectivity index (χ3n) is 4.33. The fourth-order valence-corrected chi connectivity index (χ4v) is 3.77. The summed E-state index contributed by atoms with van der Waals surface area (Å²) in [7, 11) is -3.56. The highest BCUT2D eigenvalue weighted by Gasteiger charge is 2.15. The van der Waals surface area contributed by atoms with Crippen molar-refractivity contribution >= 4 is 10.0 Å². The summed E-state index contributed by atoms with van der Waals surface area (Å²) in [4.78, 5) is 6.79. The Kier molecular flexibility index (Phi) is 7.97. The Bertz CT molecular complexity index is 812. The first-order chi connectivity index (χ1) is 12.9. The molecular formula is C19H29N3O4S. The number of hydrogen-bond acceptors (Lipinski definition) is 6. The second kappa shape index (κ2) is 9.98. The van der Waals surface area contributed by atoms with Crippen LogP contribution in [0.3, 0.4) is 0 Å². The van der Waals surface area contributed by atoms with Crippen molar-refractivity contribution in [2.45, 2.75) is 32.6 Å². The zero-order valence-corrected chi connectivity index (χ0v) is 17.3. The Balaban J connectivity index is 1.85. The normalized spacial score (nSPS) is 12.0. The summed E-state index contributed by atoms with van der Waals surface area (Å²) in [5.74, 6) is 1.30. The lowest BCUT2D eigenvalue weighted by molar-refractivity contribution is 0.111. The van der Waals surface area contributed by atoms with Crippen LogP contribution in [-0.2, 0) is 14.8 Å². The Labute approximate surface area is 161 Å². The highest BCUT2D eigenvalue weighted by molar-refractivity contribution is 7.89. The van der Waals surface area contributed by atoms with Crippen molar-refractivity contribution in [3.8, 4) is 11.3 Å². The smallest absolute Gasteiger partial charge is 0.240 e. The zero-order valence-electron chi connectivity index (χ0n) is 16.5. The molecule has 150 valence electrons. The van der Waals surface area contributed by atoms with E-state index in [9.17, 15) is 8.42 Å². The molecule has 1 aromatic carbocycles. The second-order valence-electron chi connectivity index (χ2n) is 6.20. The summed E-state index contributed by atoms with van der Waals surface area (Å²) in [6, 6.07) is 6.61. The largest absolute Gasteiger partial charge is 0.446 e. The molecule has 2 rings (SSSR count). The van der Waals surface area contributed by atoms with Crippen molar-refractivity contribution in [2.75, 3.05) is 39.4 Å². The number of aromatic nitrogens is 1. The molecule has 1 aromatic heterocycles. The van der Waals surface area contributed by atoms with Gasteiger partial charge in [-0.3, -0.25) is 0 Å². The first-order valence-electron chi connectivity index (χ1n) is 9.21. The Morgan fingerprint density at radius 2 is 1.78 bits per heavy atom. The number of hydrogen-bond donors (Lipinski definition) is 1. The van der Waals surface area contributed by atoms with E-state index >= 15 is 0 Å². The van der Waals surface area contributed by atoms with Crippen molar-refractivity contribution in [3.63, 3.8) is 0 Å². The van der Waals surface area contributed by atoms with E-state index in [2.05, 4.69) is 28.5 Å². The van der Waals surface area contributed by atoms with E-state index in [1.54, 1.807) is 31.2 Å². The van der Waals surface area contributed by atoms with Crippen LogP contribution >= 0.6 is 0 Å². The van der Waals surface area contributed by atoms with Crippen LogP contribution in [0.1, 0.15) is 25.5 Å². The SMILES string of the molecule is CCN(CC)CCOCCNS(=O)(=O)c1ccc(-c2nc(C)oc2C)cc1. The summed E-state index contributed by atoms with van der Waals surface area (Å²) in [5, 5.41) is 0. The minimum Gasteiger partial charge on any atom is -0.446 e. The van der Waals surface area contributed by atoms with E-state index in [0.717, 1.165) is 30.9 Å². The van der Waals surface area contributed by atoms with Gasteiger partial charge >= 0.3 is 0 Å². The van der Waals surface area contributed by atoms with E-state index in [4.69, 9.17) is 9.15 Å². The van der Waals surface area contributed by atoms with Gasteiger partial charge < -0.3 is 14.1 Å². The molecule has 0 saturated heterocycles. The maximum absolute atomic E-state index is 12.4. The quantitative estimate of drug-likeness (QED) is 0.589. The monoisotopic (exact) mass is 395 g/mol. The lowest BCUT2D eigenvalue weighted by Crippen LogP contribution is -2.30. The van der Waals surface area contributed by atoms with Gasteiger partial charge in [-0.1, -0.05) is 26.0 Å². The maximum Gasteiger partial charge on any atom is 0.240 e. The summed E-state index contributed by atoms with van der Waals surface area (Å²) >= 11 is 0. The van der Waals surface area contributed by atoms with Crippen molar-refractivity contribution in [2.24, 2.45) is 0 Å². The molecule has 0 spiro atoms. The molecular weight excluding hydrogens is 366 g/mol. The number of likely N-dealkylation sites (N-methyl/N-ethyl adjacent to an activating group) is 1. The number of sulfonamides is 1. The summed E-state index contributed by atoms with van der Waals surface area (Å²) in [6.07, 6.45) is 0. The molecule has 0 aliphatic carbocycles. The number of ether oxygens (including phenoxy) is 1. The van der Waals surface area contributed by atoms with Crippen LogP contribution < -0.4 is 4.72 Å². The first-order valence-corrected chi connectivity index (χ1v) is 10.7. The molecule has 0 amide bonds. The fraction of sp³-hybridized carbons (Fsp3) is 0.526. The van der Waals surface area contributed by atoms with Crippen LogP contribution in [0, 0.1) is 13.8 Å². The molecule has 8 heteroatoms. The van der Waals surface area contributed by atoms with Crippen LogP contribution in [0.4, 0.5) is 0 Å². The predicted octanol–water partition coefficient (Wildman–Crippen LogP) is 2.60. The standard InChI is InChI=1S/C19H29N3O4S/c1-5-22(6-2)12-14-25-13-11-20-27(23,24)18-9-7-17(8-10-18)19-15(3)26-16(4)21-19/h7-10,20H,5-6,11-14H2,1-4H3. The molecule has 0 fully saturated rings. The van der Waals surface area contributed by atoms with Gasteiger partial charge in [-0.05, 0) is 32.1 Å². The molecule has 2 aromatic rings. The zero-order chi connectivity index (χ0) is 19.9. The third-order valence-corrected chi connectivity index (χ3v) is 5.80. The molecule has 0 saturated carbocycles. The number of nitrogens with one attached hydrogen (secondary N) is 1. The van der Waals surface area contributed by atoms with Crippen LogP contribution in [0.25, 0.3) is 11.3 Å². The molecule has 0 radical (unpaired) electrons. The van der Waals surface area contributed by atoms with E-state index < -0.39 is 10.0 Å². The lowest BCUT2D eigenvalue weighted by atomic mass is 10.1. The molecule has 27 heavy (non-hydrogen) atoms. The van der Waals surface area contributed by atoms with Gasteiger partial charge in [-0.25, -0.2) is 18.1 Å². The highest BCUT2D eigenvalue weighted by Crippen LogP contribution is 2.24. The molecule has 0 unspecified atom stereocenters. The van der Waals surface area contributed by atoms with Crippen molar-refractivity contribution in [1.29, 1.82) is 0 Å². The summed E-state index contributed by atoms with van der Waals surface area (Å²) < 4.78 is 38.2. The second-order valence-corrected chi connectivity index (χ2v) is 7.97. The third kappa shape index (κ3) is 6.14. The topological polar surface area (TPSA) is 84.7 Å². The van der Waals surface area contributed by atoms with Gasteiger partial charge in [-0.2, -0.15) is 0 Å². The van der Waals surface area contributed by atoms with Gasteiger partial charge in [0, 0.05) is 25.6 Å². The minimum absolute atomic E-state index is 0.215.